The zero-order valence-corrected chi connectivity index (χ0v) is 11.4. The second-order valence-corrected chi connectivity index (χ2v) is 5.61. The van der Waals surface area contributed by atoms with Crippen molar-refractivity contribution in [3.63, 3.8) is 0 Å². The van der Waals surface area contributed by atoms with E-state index in [9.17, 15) is 0 Å². The molecular formula is C16H23NO. The second-order valence-electron chi connectivity index (χ2n) is 5.61. The van der Waals surface area contributed by atoms with Crippen LogP contribution in [-0.4, -0.2) is 13.7 Å². The Kier molecular flexibility index (Phi) is 3.29. The normalized spacial score (nSPS) is 30.9. The van der Waals surface area contributed by atoms with Crippen LogP contribution >= 0.6 is 0 Å². The lowest BCUT2D eigenvalue weighted by molar-refractivity contribution is 0.338. The second kappa shape index (κ2) is 4.93. The summed E-state index contributed by atoms with van der Waals surface area (Å²) in [6.07, 6.45) is 4.33. The van der Waals surface area contributed by atoms with Crippen molar-refractivity contribution in [2.75, 3.05) is 13.7 Å². The van der Waals surface area contributed by atoms with Crippen LogP contribution in [0.5, 0.6) is 5.75 Å². The van der Waals surface area contributed by atoms with E-state index in [0.717, 1.165) is 30.1 Å². The van der Waals surface area contributed by atoms with Gasteiger partial charge in [0.1, 0.15) is 5.75 Å². The van der Waals surface area contributed by atoms with E-state index < -0.39 is 0 Å². The Morgan fingerprint density at radius 1 is 1.33 bits per heavy atom. The van der Waals surface area contributed by atoms with Crippen LogP contribution in [0.25, 0.3) is 0 Å². The number of ether oxygens (including phenoxy) is 1. The molecule has 2 heteroatoms. The zero-order chi connectivity index (χ0) is 12.5. The summed E-state index contributed by atoms with van der Waals surface area (Å²) in [6.45, 7) is 2.77. The molecule has 2 aliphatic rings. The molecular weight excluding hydrogens is 222 g/mol. The van der Waals surface area contributed by atoms with Crippen molar-refractivity contribution < 1.29 is 4.74 Å². The van der Waals surface area contributed by atoms with Gasteiger partial charge in [0.05, 0.1) is 6.61 Å². The molecule has 1 aromatic carbocycles. The van der Waals surface area contributed by atoms with Gasteiger partial charge < -0.3 is 10.1 Å². The van der Waals surface area contributed by atoms with Crippen molar-refractivity contribution in [2.24, 2.45) is 17.8 Å². The Balaban J connectivity index is 1.77. The minimum absolute atomic E-state index is 0.515. The predicted octanol–water partition coefficient (Wildman–Crippen LogP) is 3.39. The summed E-state index contributed by atoms with van der Waals surface area (Å²) < 4.78 is 5.61. The zero-order valence-electron chi connectivity index (χ0n) is 11.4. The van der Waals surface area contributed by atoms with Gasteiger partial charge in [0.2, 0.25) is 0 Å². The van der Waals surface area contributed by atoms with Crippen molar-refractivity contribution in [3.05, 3.63) is 29.8 Å². The maximum atomic E-state index is 5.61. The van der Waals surface area contributed by atoms with Crippen LogP contribution in [-0.2, 0) is 0 Å². The average molecular weight is 245 g/mol. The van der Waals surface area contributed by atoms with Gasteiger partial charge in [-0.05, 0) is 62.3 Å². The van der Waals surface area contributed by atoms with Gasteiger partial charge in [-0.25, -0.2) is 0 Å². The number of fused-ring (bicyclic) bond motifs is 1. The van der Waals surface area contributed by atoms with Crippen LogP contribution < -0.4 is 10.1 Å². The quantitative estimate of drug-likeness (QED) is 0.858. The van der Waals surface area contributed by atoms with Gasteiger partial charge in [-0.2, -0.15) is 0 Å². The molecule has 0 aliphatic heterocycles. The third-order valence-corrected chi connectivity index (χ3v) is 4.70. The molecule has 3 unspecified atom stereocenters. The molecule has 0 bridgehead atoms. The number of hydrogen-bond donors (Lipinski definition) is 1. The molecule has 0 aromatic heterocycles. The molecule has 0 saturated heterocycles. The molecule has 0 spiro atoms. The fraction of sp³-hybridized carbons (Fsp3) is 0.625. The Morgan fingerprint density at radius 2 is 2.11 bits per heavy atom. The lowest BCUT2D eigenvalue weighted by atomic mass is 9.97. The molecule has 1 N–H and O–H groups in total. The van der Waals surface area contributed by atoms with Gasteiger partial charge in [-0.1, -0.05) is 18.6 Å². The van der Waals surface area contributed by atoms with E-state index in [0.29, 0.717) is 6.04 Å². The van der Waals surface area contributed by atoms with E-state index in [1.807, 2.05) is 13.0 Å². The van der Waals surface area contributed by atoms with Gasteiger partial charge in [0, 0.05) is 6.04 Å². The predicted molar refractivity (Wildman–Crippen MR) is 73.7 cm³/mol. The molecule has 2 aliphatic carbocycles. The highest BCUT2D eigenvalue weighted by Crippen LogP contribution is 2.62. The monoisotopic (exact) mass is 245 g/mol. The van der Waals surface area contributed by atoms with E-state index >= 15 is 0 Å². The average Bonchev–Trinajstić information content (AvgIpc) is 2.86. The summed E-state index contributed by atoms with van der Waals surface area (Å²) >= 11 is 0. The first-order chi connectivity index (χ1) is 8.85. The van der Waals surface area contributed by atoms with Crippen LogP contribution in [0.3, 0.4) is 0 Å². The highest BCUT2D eigenvalue weighted by molar-refractivity contribution is 5.32. The largest absolute Gasteiger partial charge is 0.494 e. The van der Waals surface area contributed by atoms with Crippen molar-refractivity contribution >= 4 is 0 Å². The summed E-state index contributed by atoms with van der Waals surface area (Å²) in [5, 5.41) is 3.52. The maximum Gasteiger partial charge on any atom is 0.119 e. The van der Waals surface area contributed by atoms with E-state index in [1.165, 1.54) is 24.8 Å². The van der Waals surface area contributed by atoms with Crippen molar-refractivity contribution in [1.82, 2.24) is 5.32 Å². The summed E-state index contributed by atoms with van der Waals surface area (Å²) in [6, 6.07) is 9.12. The minimum Gasteiger partial charge on any atom is -0.494 e. The summed E-state index contributed by atoms with van der Waals surface area (Å²) in [5.41, 5.74) is 1.39. The first-order valence-electron chi connectivity index (χ1n) is 7.25. The lowest BCUT2D eigenvalue weighted by Crippen LogP contribution is -2.20. The van der Waals surface area contributed by atoms with E-state index in [2.05, 4.69) is 30.6 Å². The summed E-state index contributed by atoms with van der Waals surface area (Å²) in [4.78, 5) is 0. The number of nitrogens with one attached hydrogen (secondary N) is 1. The molecule has 2 fully saturated rings. The van der Waals surface area contributed by atoms with Crippen LogP contribution in [0, 0.1) is 17.8 Å². The number of hydrogen-bond acceptors (Lipinski definition) is 2. The van der Waals surface area contributed by atoms with Crippen molar-refractivity contribution in [2.45, 2.75) is 32.2 Å². The number of benzene rings is 1. The van der Waals surface area contributed by atoms with Crippen molar-refractivity contribution in [1.29, 1.82) is 0 Å². The van der Waals surface area contributed by atoms with E-state index in [4.69, 9.17) is 4.74 Å². The Morgan fingerprint density at radius 3 is 2.78 bits per heavy atom. The third kappa shape index (κ3) is 2.03. The molecule has 98 valence electrons. The van der Waals surface area contributed by atoms with E-state index in [1.54, 1.807) is 0 Å². The van der Waals surface area contributed by atoms with Crippen LogP contribution in [0.1, 0.15) is 37.8 Å². The van der Waals surface area contributed by atoms with Crippen molar-refractivity contribution in [3.8, 4) is 5.75 Å². The fourth-order valence-electron chi connectivity index (χ4n) is 3.92. The molecule has 1 aromatic rings. The highest BCUT2D eigenvalue weighted by Gasteiger charge is 2.55. The number of rotatable bonds is 5. The first-order valence-corrected chi connectivity index (χ1v) is 7.25. The standard InChI is InChI=1S/C16H23NO/c1-3-18-12-7-4-6-11(10-12)16(17-2)15-13-8-5-9-14(13)15/h4,6-7,10,13-17H,3,5,8-9H2,1-2H3. The van der Waals surface area contributed by atoms with Gasteiger partial charge in [-0.3, -0.25) is 0 Å². The smallest absolute Gasteiger partial charge is 0.119 e. The molecule has 18 heavy (non-hydrogen) atoms. The van der Waals surface area contributed by atoms with Gasteiger partial charge in [-0.15, -0.1) is 0 Å². The highest BCUT2D eigenvalue weighted by atomic mass is 16.5. The topological polar surface area (TPSA) is 21.3 Å². The molecule has 3 atom stereocenters. The fourth-order valence-corrected chi connectivity index (χ4v) is 3.92. The van der Waals surface area contributed by atoms with Gasteiger partial charge in [0.25, 0.3) is 0 Å². The maximum absolute atomic E-state index is 5.61. The Bertz CT molecular complexity index is 407. The Hall–Kier alpha value is -1.02. The Labute approximate surface area is 110 Å². The molecule has 2 nitrogen and oxygen atoms in total. The molecule has 3 rings (SSSR count). The summed E-state index contributed by atoms with van der Waals surface area (Å²) in [5.74, 6) is 3.83. The lowest BCUT2D eigenvalue weighted by Gasteiger charge is -2.19. The SMILES string of the molecule is CCOc1cccc(C(NC)C2C3CCCC32)c1. The minimum atomic E-state index is 0.515. The first kappa shape index (κ1) is 12.0. The molecule has 0 amide bonds. The van der Waals surface area contributed by atoms with Gasteiger partial charge >= 0.3 is 0 Å². The third-order valence-electron chi connectivity index (χ3n) is 4.70. The van der Waals surface area contributed by atoms with Crippen LogP contribution in [0.4, 0.5) is 0 Å². The van der Waals surface area contributed by atoms with Crippen LogP contribution in [0.15, 0.2) is 24.3 Å². The van der Waals surface area contributed by atoms with Gasteiger partial charge in [0.15, 0.2) is 0 Å². The van der Waals surface area contributed by atoms with Crippen LogP contribution in [0.2, 0.25) is 0 Å². The summed E-state index contributed by atoms with van der Waals surface area (Å²) in [7, 11) is 2.09. The molecule has 0 heterocycles. The molecule has 2 saturated carbocycles. The van der Waals surface area contributed by atoms with E-state index in [-0.39, 0.29) is 0 Å². The molecule has 0 radical (unpaired) electrons.